The predicted molar refractivity (Wildman–Crippen MR) is 66.6 cm³/mol. The molecule has 1 aromatic carbocycles. The van der Waals surface area contributed by atoms with E-state index in [1.807, 2.05) is 13.8 Å². The van der Waals surface area contributed by atoms with Crippen LogP contribution in [0, 0.1) is 6.92 Å². The van der Waals surface area contributed by atoms with Gasteiger partial charge < -0.3 is 0 Å². The van der Waals surface area contributed by atoms with Gasteiger partial charge in [0.25, 0.3) is 0 Å². The lowest BCUT2D eigenvalue weighted by Crippen LogP contribution is -1.91. The number of hydrogen-bond acceptors (Lipinski definition) is 0. The number of benzene rings is 1. The molecule has 14 heavy (non-hydrogen) atoms. The lowest BCUT2D eigenvalue weighted by molar-refractivity contribution is 1.10. The standard InChI is InChI=1S/C12H16.C2H6/c1-5-11-7-6-8-12(9(2)3)10(11)4;1-2/h6-8H,2,5H2,1,3-4H3;1-2H3. The van der Waals surface area contributed by atoms with Gasteiger partial charge in [0.15, 0.2) is 0 Å². The summed E-state index contributed by atoms with van der Waals surface area (Å²) in [5, 5.41) is 0. The van der Waals surface area contributed by atoms with E-state index in [2.05, 4.69) is 45.5 Å². The molecule has 0 amide bonds. The molecule has 0 aromatic heterocycles. The third-order valence-corrected chi connectivity index (χ3v) is 2.29. The average molecular weight is 190 g/mol. The SMILES string of the molecule is C=C(C)c1cccc(CC)c1C.CC. The van der Waals surface area contributed by atoms with E-state index >= 15 is 0 Å². The van der Waals surface area contributed by atoms with E-state index in [4.69, 9.17) is 0 Å². The highest BCUT2D eigenvalue weighted by Crippen LogP contribution is 2.20. The summed E-state index contributed by atoms with van der Waals surface area (Å²) in [7, 11) is 0. The Hall–Kier alpha value is -1.04. The maximum atomic E-state index is 3.96. The van der Waals surface area contributed by atoms with Crippen molar-refractivity contribution in [1.82, 2.24) is 0 Å². The number of hydrogen-bond donors (Lipinski definition) is 0. The van der Waals surface area contributed by atoms with Crippen LogP contribution in [0.15, 0.2) is 24.8 Å². The van der Waals surface area contributed by atoms with Crippen LogP contribution in [0.4, 0.5) is 0 Å². The van der Waals surface area contributed by atoms with Crippen molar-refractivity contribution >= 4 is 5.57 Å². The van der Waals surface area contributed by atoms with Crippen molar-refractivity contribution in [2.24, 2.45) is 0 Å². The number of allylic oxidation sites excluding steroid dienone is 1. The molecular formula is C14H22. The van der Waals surface area contributed by atoms with Gasteiger partial charge in [0, 0.05) is 0 Å². The Bertz CT molecular complexity index is 295. The van der Waals surface area contributed by atoms with Gasteiger partial charge in [-0.25, -0.2) is 0 Å². The highest BCUT2D eigenvalue weighted by Gasteiger charge is 2.01. The molecule has 0 spiro atoms. The fourth-order valence-electron chi connectivity index (χ4n) is 1.53. The van der Waals surface area contributed by atoms with Crippen LogP contribution >= 0.6 is 0 Å². The molecule has 0 bridgehead atoms. The summed E-state index contributed by atoms with van der Waals surface area (Å²) in [5.41, 5.74) is 5.26. The summed E-state index contributed by atoms with van der Waals surface area (Å²) in [4.78, 5) is 0. The van der Waals surface area contributed by atoms with Gasteiger partial charge >= 0.3 is 0 Å². The van der Waals surface area contributed by atoms with Gasteiger partial charge in [-0.05, 0) is 37.0 Å². The van der Waals surface area contributed by atoms with Gasteiger partial charge in [-0.2, -0.15) is 0 Å². The molecule has 0 fully saturated rings. The smallest absolute Gasteiger partial charge is 0.0201 e. The van der Waals surface area contributed by atoms with Crippen LogP contribution in [0.25, 0.3) is 5.57 Å². The fraction of sp³-hybridized carbons (Fsp3) is 0.429. The van der Waals surface area contributed by atoms with Crippen molar-refractivity contribution < 1.29 is 0 Å². The highest BCUT2D eigenvalue weighted by atomic mass is 14.1. The summed E-state index contributed by atoms with van der Waals surface area (Å²) in [5.74, 6) is 0. The van der Waals surface area contributed by atoms with Crippen molar-refractivity contribution in [2.45, 2.75) is 41.0 Å². The van der Waals surface area contributed by atoms with Crippen LogP contribution in [0.3, 0.4) is 0 Å². The zero-order valence-corrected chi connectivity index (χ0v) is 10.1. The molecular weight excluding hydrogens is 168 g/mol. The topological polar surface area (TPSA) is 0 Å². The minimum absolute atomic E-state index is 1.10. The Morgan fingerprint density at radius 2 is 1.86 bits per heavy atom. The Morgan fingerprint density at radius 1 is 1.29 bits per heavy atom. The molecule has 0 N–H and O–H groups in total. The molecule has 1 aromatic rings. The summed E-state index contributed by atoms with van der Waals surface area (Å²) in [6.07, 6.45) is 1.10. The van der Waals surface area contributed by atoms with Gasteiger partial charge in [0.1, 0.15) is 0 Å². The lowest BCUT2D eigenvalue weighted by atomic mass is 9.97. The fourth-order valence-corrected chi connectivity index (χ4v) is 1.53. The summed E-state index contributed by atoms with van der Waals surface area (Å²) >= 11 is 0. The molecule has 0 aliphatic rings. The predicted octanol–water partition coefficient (Wildman–Crippen LogP) is 4.62. The molecule has 0 aliphatic carbocycles. The molecule has 0 heteroatoms. The highest BCUT2D eigenvalue weighted by molar-refractivity contribution is 5.65. The van der Waals surface area contributed by atoms with E-state index in [0.29, 0.717) is 0 Å². The zero-order valence-electron chi connectivity index (χ0n) is 10.1. The van der Waals surface area contributed by atoms with E-state index in [9.17, 15) is 0 Å². The molecule has 78 valence electrons. The first-order valence-electron chi connectivity index (χ1n) is 5.41. The van der Waals surface area contributed by atoms with Crippen LogP contribution in [-0.4, -0.2) is 0 Å². The average Bonchev–Trinajstić information content (AvgIpc) is 2.21. The Balaban J connectivity index is 0.000000791. The van der Waals surface area contributed by atoms with Crippen molar-refractivity contribution in [1.29, 1.82) is 0 Å². The van der Waals surface area contributed by atoms with E-state index in [1.165, 1.54) is 16.7 Å². The number of aryl methyl sites for hydroxylation is 1. The van der Waals surface area contributed by atoms with Crippen molar-refractivity contribution in [2.75, 3.05) is 0 Å². The second-order valence-corrected chi connectivity index (χ2v) is 3.22. The lowest BCUT2D eigenvalue weighted by Gasteiger charge is -2.08. The quantitative estimate of drug-likeness (QED) is 0.638. The summed E-state index contributed by atoms with van der Waals surface area (Å²) in [6.45, 7) is 14.4. The minimum atomic E-state index is 1.10. The van der Waals surface area contributed by atoms with Crippen LogP contribution in [0.5, 0.6) is 0 Å². The van der Waals surface area contributed by atoms with E-state index in [-0.39, 0.29) is 0 Å². The van der Waals surface area contributed by atoms with Crippen molar-refractivity contribution in [3.05, 3.63) is 41.5 Å². The van der Waals surface area contributed by atoms with Crippen LogP contribution in [0.1, 0.15) is 44.4 Å². The molecule has 0 heterocycles. The largest absolute Gasteiger partial charge is 0.0955 e. The second kappa shape index (κ2) is 6.42. The van der Waals surface area contributed by atoms with E-state index in [0.717, 1.165) is 12.0 Å². The van der Waals surface area contributed by atoms with Crippen molar-refractivity contribution in [3.8, 4) is 0 Å². The first kappa shape index (κ1) is 13.0. The van der Waals surface area contributed by atoms with Gasteiger partial charge in [-0.15, -0.1) is 0 Å². The zero-order chi connectivity index (χ0) is 11.1. The Kier molecular flexibility index (Phi) is 5.94. The third kappa shape index (κ3) is 3.02. The Morgan fingerprint density at radius 3 is 2.29 bits per heavy atom. The maximum Gasteiger partial charge on any atom is -0.0201 e. The monoisotopic (exact) mass is 190 g/mol. The first-order chi connectivity index (χ1) is 6.66. The van der Waals surface area contributed by atoms with Crippen molar-refractivity contribution in [3.63, 3.8) is 0 Å². The molecule has 1 rings (SSSR count). The molecule has 0 nitrogen and oxygen atoms in total. The maximum absolute atomic E-state index is 3.96. The van der Waals surface area contributed by atoms with Gasteiger partial charge in [-0.1, -0.05) is 51.1 Å². The van der Waals surface area contributed by atoms with Gasteiger partial charge in [-0.3, -0.25) is 0 Å². The molecule has 0 saturated carbocycles. The van der Waals surface area contributed by atoms with Crippen LogP contribution in [0.2, 0.25) is 0 Å². The minimum Gasteiger partial charge on any atom is -0.0955 e. The number of rotatable bonds is 2. The van der Waals surface area contributed by atoms with Gasteiger partial charge in [0.2, 0.25) is 0 Å². The molecule has 0 atom stereocenters. The van der Waals surface area contributed by atoms with E-state index < -0.39 is 0 Å². The Labute approximate surface area is 88.7 Å². The molecule has 0 unspecified atom stereocenters. The normalized spacial score (nSPS) is 8.93. The molecule has 0 aliphatic heterocycles. The third-order valence-electron chi connectivity index (χ3n) is 2.29. The first-order valence-corrected chi connectivity index (χ1v) is 5.41. The second-order valence-electron chi connectivity index (χ2n) is 3.22. The summed E-state index contributed by atoms with van der Waals surface area (Å²) in [6, 6.07) is 6.43. The summed E-state index contributed by atoms with van der Waals surface area (Å²) < 4.78 is 0. The molecule has 0 saturated heterocycles. The molecule has 0 radical (unpaired) electrons. The van der Waals surface area contributed by atoms with Crippen LogP contribution in [-0.2, 0) is 6.42 Å². The van der Waals surface area contributed by atoms with E-state index in [1.54, 1.807) is 0 Å². The van der Waals surface area contributed by atoms with Crippen LogP contribution < -0.4 is 0 Å². The van der Waals surface area contributed by atoms with Gasteiger partial charge in [0.05, 0.1) is 0 Å².